The van der Waals surface area contributed by atoms with Crippen LogP contribution in [0.1, 0.15) is 62.8 Å². The summed E-state index contributed by atoms with van der Waals surface area (Å²) in [6.07, 6.45) is 7.50. The Bertz CT molecular complexity index is 774. The number of ether oxygens (including phenoxy) is 1. The van der Waals surface area contributed by atoms with Gasteiger partial charge in [-0.15, -0.1) is 0 Å². The number of hydrogen-bond donors (Lipinski definition) is 1. The van der Waals surface area contributed by atoms with Crippen molar-refractivity contribution in [2.75, 3.05) is 0 Å². The minimum atomic E-state index is -0.560. The van der Waals surface area contributed by atoms with E-state index in [4.69, 9.17) is 4.74 Å². The number of benzene rings is 1. The van der Waals surface area contributed by atoms with Crippen molar-refractivity contribution < 1.29 is 14.3 Å². The van der Waals surface area contributed by atoms with Crippen LogP contribution >= 0.6 is 0 Å². The predicted molar refractivity (Wildman–Crippen MR) is 104 cm³/mol. The summed E-state index contributed by atoms with van der Waals surface area (Å²) in [5.41, 5.74) is 3.32. The van der Waals surface area contributed by atoms with Crippen LogP contribution in [0.25, 0.3) is 0 Å². The summed E-state index contributed by atoms with van der Waals surface area (Å²) < 4.78 is 5.89. The summed E-state index contributed by atoms with van der Waals surface area (Å²) in [6.45, 7) is 4.14. The van der Waals surface area contributed by atoms with E-state index in [0.717, 1.165) is 55.4 Å². The lowest BCUT2D eigenvalue weighted by Gasteiger charge is -2.39. The van der Waals surface area contributed by atoms with Gasteiger partial charge in [-0.2, -0.15) is 0 Å². The molecule has 4 rings (SSSR count). The second kappa shape index (κ2) is 7.71. The van der Waals surface area contributed by atoms with Gasteiger partial charge in [-0.05, 0) is 44.1 Å². The fourth-order valence-electron chi connectivity index (χ4n) is 4.71. The van der Waals surface area contributed by atoms with Crippen molar-refractivity contribution >= 4 is 11.8 Å². The van der Waals surface area contributed by atoms with E-state index >= 15 is 0 Å². The van der Waals surface area contributed by atoms with E-state index in [2.05, 4.69) is 11.9 Å². The van der Waals surface area contributed by atoms with Crippen molar-refractivity contribution in [1.29, 1.82) is 0 Å². The molecule has 1 aliphatic heterocycles. The molecule has 0 aromatic heterocycles. The Balaban J connectivity index is 1.70. The number of Topliss-reactive ketones (excluding diaryl/α,β-unsaturated/α-hetero) is 1. The smallest absolute Gasteiger partial charge is 0.316 e. The van der Waals surface area contributed by atoms with E-state index in [-0.39, 0.29) is 23.8 Å². The normalized spacial score (nSPS) is 26.4. The third kappa shape index (κ3) is 3.58. The predicted octanol–water partition coefficient (Wildman–Crippen LogP) is 4.39. The number of allylic oxidation sites excluding steroid dienone is 2. The van der Waals surface area contributed by atoms with Crippen molar-refractivity contribution in [3.05, 3.63) is 59.4 Å². The van der Waals surface area contributed by atoms with E-state index in [1.54, 1.807) is 0 Å². The highest BCUT2D eigenvalue weighted by molar-refractivity contribution is 6.00. The second-order valence-corrected chi connectivity index (χ2v) is 7.88. The molecule has 0 saturated heterocycles. The maximum atomic E-state index is 13.2. The Labute approximate surface area is 160 Å². The molecule has 142 valence electrons. The number of rotatable bonds is 3. The fourth-order valence-corrected chi connectivity index (χ4v) is 4.71. The molecule has 1 aromatic carbocycles. The molecule has 4 heteroatoms. The van der Waals surface area contributed by atoms with Crippen LogP contribution in [-0.4, -0.2) is 17.9 Å². The zero-order valence-corrected chi connectivity index (χ0v) is 15.7. The zero-order chi connectivity index (χ0) is 18.8. The molecule has 1 heterocycles. The highest BCUT2D eigenvalue weighted by atomic mass is 16.5. The van der Waals surface area contributed by atoms with E-state index in [1.165, 1.54) is 6.42 Å². The van der Waals surface area contributed by atoms with Gasteiger partial charge in [-0.3, -0.25) is 9.59 Å². The van der Waals surface area contributed by atoms with Gasteiger partial charge in [0.25, 0.3) is 0 Å². The van der Waals surface area contributed by atoms with Crippen LogP contribution in [0.2, 0.25) is 0 Å². The van der Waals surface area contributed by atoms with Gasteiger partial charge in [0, 0.05) is 29.3 Å². The lowest BCUT2D eigenvalue weighted by atomic mass is 9.71. The standard InChI is InChI=1S/C23H27NO3/c1-15-20(23(26)27-17-11-6-3-7-12-17)21(16-9-4-2-5-10-16)22-18(24-15)13-8-14-19(22)25/h2,4-5,9-10,17,20-21,24H,1,3,6-8,11-14H2. The molecule has 1 fully saturated rings. The van der Waals surface area contributed by atoms with Gasteiger partial charge in [0.1, 0.15) is 12.0 Å². The van der Waals surface area contributed by atoms with Crippen LogP contribution in [-0.2, 0) is 14.3 Å². The Morgan fingerprint density at radius 1 is 1.04 bits per heavy atom. The Morgan fingerprint density at radius 3 is 2.52 bits per heavy atom. The first-order valence-electron chi connectivity index (χ1n) is 10.1. The number of carbonyl (C=O) groups is 2. The van der Waals surface area contributed by atoms with Crippen molar-refractivity contribution in [3.63, 3.8) is 0 Å². The lowest BCUT2D eigenvalue weighted by Crippen LogP contribution is -2.42. The van der Waals surface area contributed by atoms with Crippen molar-refractivity contribution in [2.24, 2.45) is 5.92 Å². The first-order chi connectivity index (χ1) is 13.1. The average molecular weight is 365 g/mol. The van der Waals surface area contributed by atoms with Crippen LogP contribution in [0.15, 0.2) is 53.9 Å². The fraction of sp³-hybridized carbons (Fsp3) is 0.478. The van der Waals surface area contributed by atoms with Gasteiger partial charge in [0.05, 0.1) is 0 Å². The van der Waals surface area contributed by atoms with Crippen molar-refractivity contribution in [3.8, 4) is 0 Å². The number of ketones is 1. The van der Waals surface area contributed by atoms with Crippen LogP contribution < -0.4 is 5.32 Å². The molecule has 1 aromatic rings. The van der Waals surface area contributed by atoms with Crippen LogP contribution in [0.4, 0.5) is 0 Å². The van der Waals surface area contributed by atoms with E-state index < -0.39 is 5.92 Å². The summed E-state index contributed by atoms with van der Waals surface area (Å²) >= 11 is 0. The molecule has 1 saturated carbocycles. The Kier molecular flexibility index (Phi) is 5.15. The van der Waals surface area contributed by atoms with Gasteiger partial charge >= 0.3 is 5.97 Å². The van der Waals surface area contributed by atoms with E-state index in [9.17, 15) is 9.59 Å². The molecule has 0 radical (unpaired) electrons. The van der Waals surface area contributed by atoms with Gasteiger partial charge in [-0.25, -0.2) is 0 Å². The topological polar surface area (TPSA) is 55.4 Å². The van der Waals surface area contributed by atoms with Gasteiger partial charge < -0.3 is 10.1 Å². The molecule has 1 N–H and O–H groups in total. The minimum absolute atomic E-state index is 0.00657. The molecular formula is C23H27NO3. The maximum absolute atomic E-state index is 13.2. The highest BCUT2D eigenvalue weighted by Crippen LogP contribution is 2.44. The largest absolute Gasteiger partial charge is 0.462 e. The molecule has 2 unspecified atom stereocenters. The van der Waals surface area contributed by atoms with Gasteiger partial charge in [0.15, 0.2) is 5.78 Å². The van der Waals surface area contributed by atoms with E-state index in [1.807, 2.05) is 30.3 Å². The monoisotopic (exact) mass is 365 g/mol. The first-order valence-corrected chi connectivity index (χ1v) is 10.1. The zero-order valence-electron chi connectivity index (χ0n) is 15.7. The summed E-state index contributed by atoms with van der Waals surface area (Å²) in [6, 6.07) is 9.86. The van der Waals surface area contributed by atoms with Gasteiger partial charge in [-0.1, -0.05) is 43.3 Å². The Hall–Kier alpha value is -2.36. The average Bonchev–Trinajstić information content (AvgIpc) is 2.68. The summed E-state index contributed by atoms with van der Waals surface area (Å²) in [5.74, 6) is -0.979. The number of nitrogens with one attached hydrogen (secondary N) is 1. The SMILES string of the molecule is C=C1NC2=C(C(=O)CCC2)C(c2ccccc2)C1C(=O)OC1CCCCC1. The van der Waals surface area contributed by atoms with Crippen LogP contribution in [0.3, 0.4) is 0 Å². The number of esters is 1. The van der Waals surface area contributed by atoms with E-state index in [0.29, 0.717) is 12.1 Å². The molecule has 0 bridgehead atoms. The van der Waals surface area contributed by atoms with Crippen molar-refractivity contribution in [1.82, 2.24) is 5.32 Å². The molecule has 27 heavy (non-hydrogen) atoms. The third-order valence-corrected chi connectivity index (χ3v) is 6.03. The molecule has 2 atom stereocenters. The molecule has 0 spiro atoms. The molecule has 4 nitrogen and oxygen atoms in total. The van der Waals surface area contributed by atoms with Gasteiger partial charge in [0.2, 0.25) is 0 Å². The summed E-state index contributed by atoms with van der Waals surface area (Å²) in [4.78, 5) is 26.0. The maximum Gasteiger partial charge on any atom is 0.316 e. The van der Waals surface area contributed by atoms with Crippen LogP contribution in [0.5, 0.6) is 0 Å². The molecule has 3 aliphatic rings. The third-order valence-electron chi connectivity index (χ3n) is 6.03. The molecular weight excluding hydrogens is 338 g/mol. The summed E-state index contributed by atoms with van der Waals surface area (Å²) in [7, 11) is 0. The second-order valence-electron chi connectivity index (χ2n) is 7.88. The number of carbonyl (C=O) groups excluding carboxylic acids is 2. The van der Waals surface area contributed by atoms with Crippen LogP contribution in [0, 0.1) is 5.92 Å². The summed E-state index contributed by atoms with van der Waals surface area (Å²) in [5, 5.41) is 3.28. The first kappa shape index (κ1) is 18.0. The van der Waals surface area contributed by atoms with Crippen molar-refractivity contribution in [2.45, 2.75) is 63.4 Å². The lowest BCUT2D eigenvalue weighted by molar-refractivity contribution is -0.155. The minimum Gasteiger partial charge on any atom is -0.462 e. The highest BCUT2D eigenvalue weighted by Gasteiger charge is 2.44. The molecule has 2 aliphatic carbocycles. The quantitative estimate of drug-likeness (QED) is 0.808. The Morgan fingerprint density at radius 2 is 1.78 bits per heavy atom. The number of hydrogen-bond acceptors (Lipinski definition) is 4. The molecule has 0 amide bonds.